The number of rotatable bonds is 7. The molecule has 2 fully saturated rings. The van der Waals surface area contributed by atoms with Crippen LogP contribution in [0.1, 0.15) is 63.1 Å². The first-order valence-electron chi connectivity index (χ1n) is 13.9. The standard InChI is InChI=1S/C30H37N3O6/c1-3-37-29(35)25-19(2)26(28(34)31-17-20-14-15-23-24(16-20)39-18-38-23)33(27(25)21-10-6-4-7-11-21)30(36)32-22-12-8-5-9-13-22/h4,6-7,10-11,14-16,19,22,25-27H,3,5,8-9,12-13,17-18H2,1-2H3,(H,31,34)(H,32,36). The van der Waals surface area contributed by atoms with Gasteiger partial charge < -0.3 is 29.7 Å². The van der Waals surface area contributed by atoms with Gasteiger partial charge in [-0.05, 0) is 43.0 Å². The number of urea groups is 1. The SMILES string of the molecule is CCOC(=O)C1C(C)C(C(=O)NCc2ccc3c(c2)OCO3)N(C(=O)NC2CCCCC2)C1c1ccccc1. The first-order valence-corrected chi connectivity index (χ1v) is 13.9. The fourth-order valence-corrected chi connectivity index (χ4v) is 6.14. The molecule has 208 valence electrons. The summed E-state index contributed by atoms with van der Waals surface area (Å²) in [6, 6.07) is 13.2. The largest absolute Gasteiger partial charge is 0.466 e. The molecule has 39 heavy (non-hydrogen) atoms. The number of hydrogen-bond acceptors (Lipinski definition) is 6. The molecule has 5 rings (SSSR count). The molecular weight excluding hydrogens is 498 g/mol. The summed E-state index contributed by atoms with van der Waals surface area (Å²) in [5.74, 6) is -0.569. The Morgan fingerprint density at radius 2 is 1.74 bits per heavy atom. The minimum Gasteiger partial charge on any atom is -0.466 e. The number of carbonyl (C=O) groups is 3. The van der Waals surface area contributed by atoms with Crippen molar-refractivity contribution in [3.8, 4) is 11.5 Å². The molecule has 2 heterocycles. The van der Waals surface area contributed by atoms with Gasteiger partial charge in [0.2, 0.25) is 12.7 Å². The first-order chi connectivity index (χ1) is 19.0. The zero-order valence-electron chi connectivity index (χ0n) is 22.6. The number of esters is 1. The third-order valence-electron chi connectivity index (χ3n) is 8.04. The zero-order valence-corrected chi connectivity index (χ0v) is 22.6. The Hall–Kier alpha value is -3.75. The molecular formula is C30H37N3O6. The van der Waals surface area contributed by atoms with Crippen LogP contribution in [0, 0.1) is 11.8 Å². The number of carbonyl (C=O) groups excluding carboxylic acids is 3. The highest BCUT2D eigenvalue weighted by molar-refractivity contribution is 5.91. The van der Waals surface area contributed by atoms with Crippen molar-refractivity contribution in [1.29, 1.82) is 0 Å². The van der Waals surface area contributed by atoms with Crippen LogP contribution in [0.3, 0.4) is 0 Å². The van der Waals surface area contributed by atoms with Crippen LogP contribution in [-0.4, -0.2) is 48.3 Å². The second-order valence-electron chi connectivity index (χ2n) is 10.5. The number of ether oxygens (including phenoxy) is 3. The minimum atomic E-state index is -0.859. The number of likely N-dealkylation sites (tertiary alicyclic amines) is 1. The van der Waals surface area contributed by atoms with E-state index in [1.54, 1.807) is 11.8 Å². The highest BCUT2D eigenvalue weighted by Gasteiger charge is 2.56. The smallest absolute Gasteiger partial charge is 0.318 e. The molecule has 2 aromatic carbocycles. The molecule has 2 aliphatic heterocycles. The Morgan fingerprint density at radius 1 is 1.00 bits per heavy atom. The molecule has 1 saturated heterocycles. The maximum atomic E-state index is 13.9. The molecule has 3 amide bonds. The van der Waals surface area contributed by atoms with Crippen LogP contribution in [0.15, 0.2) is 48.5 Å². The topological polar surface area (TPSA) is 106 Å². The zero-order chi connectivity index (χ0) is 27.4. The van der Waals surface area contributed by atoms with Crippen molar-refractivity contribution in [2.24, 2.45) is 11.8 Å². The Labute approximate surface area is 229 Å². The Kier molecular flexibility index (Phi) is 8.24. The van der Waals surface area contributed by atoms with E-state index < -0.39 is 29.9 Å². The molecule has 0 aromatic heterocycles. The molecule has 1 saturated carbocycles. The van der Waals surface area contributed by atoms with Crippen LogP contribution in [0.2, 0.25) is 0 Å². The first kappa shape index (κ1) is 26.8. The van der Waals surface area contributed by atoms with Gasteiger partial charge in [-0.15, -0.1) is 0 Å². The number of nitrogens with one attached hydrogen (secondary N) is 2. The highest BCUT2D eigenvalue weighted by atomic mass is 16.7. The second-order valence-corrected chi connectivity index (χ2v) is 10.5. The van der Waals surface area contributed by atoms with E-state index in [1.807, 2.05) is 55.5 Å². The van der Waals surface area contributed by atoms with Gasteiger partial charge in [-0.3, -0.25) is 9.59 Å². The van der Waals surface area contributed by atoms with Crippen molar-refractivity contribution >= 4 is 17.9 Å². The fraction of sp³-hybridized carbons (Fsp3) is 0.500. The van der Waals surface area contributed by atoms with Gasteiger partial charge in [0.05, 0.1) is 18.6 Å². The van der Waals surface area contributed by atoms with Crippen LogP contribution in [0.4, 0.5) is 4.79 Å². The fourth-order valence-electron chi connectivity index (χ4n) is 6.14. The van der Waals surface area contributed by atoms with E-state index in [0.717, 1.165) is 43.2 Å². The number of benzene rings is 2. The van der Waals surface area contributed by atoms with Gasteiger partial charge in [-0.2, -0.15) is 0 Å². The molecule has 0 bridgehead atoms. The summed E-state index contributed by atoms with van der Waals surface area (Å²) < 4.78 is 16.3. The summed E-state index contributed by atoms with van der Waals surface area (Å²) in [7, 11) is 0. The van der Waals surface area contributed by atoms with E-state index in [1.165, 1.54) is 0 Å². The number of hydrogen-bond donors (Lipinski definition) is 2. The van der Waals surface area contributed by atoms with Crippen molar-refractivity contribution in [2.45, 2.75) is 70.6 Å². The van der Waals surface area contributed by atoms with E-state index >= 15 is 0 Å². The lowest BCUT2D eigenvalue weighted by Gasteiger charge is -2.34. The van der Waals surface area contributed by atoms with Gasteiger partial charge in [0.25, 0.3) is 0 Å². The molecule has 1 aliphatic carbocycles. The Balaban J connectivity index is 1.44. The van der Waals surface area contributed by atoms with E-state index in [2.05, 4.69) is 10.6 Å². The monoisotopic (exact) mass is 535 g/mol. The molecule has 0 spiro atoms. The molecule has 4 atom stereocenters. The maximum Gasteiger partial charge on any atom is 0.318 e. The van der Waals surface area contributed by atoms with Crippen LogP contribution in [0.25, 0.3) is 0 Å². The number of nitrogens with zero attached hydrogens (tertiary/aromatic N) is 1. The highest BCUT2D eigenvalue weighted by Crippen LogP contribution is 2.46. The van der Waals surface area contributed by atoms with Crippen molar-refractivity contribution in [1.82, 2.24) is 15.5 Å². The van der Waals surface area contributed by atoms with Crippen molar-refractivity contribution in [2.75, 3.05) is 13.4 Å². The van der Waals surface area contributed by atoms with Gasteiger partial charge in [0.15, 0.2) is 11.5 Å². The van der Waals surface area contributed by atoms with Gasteiger partial charge in [0, 0.05) is 18.5 Å². The molecule has 2 aromatic rings. The van der Waals surface area contributed by atoms with E-state index in [9.17, 15) is 14.4 Å². The summed E-state index contributed by atoms with van der Waals surface area (Å²) in [5, 5.41) is 6.19. The average Bonchev–Trinajstić information content (AvgIpc) is 3.54. The molecule has 2 N–H and O–H groups in total. The predicted octanol–water partition coefficient (Wildman–Crippen LogP) is 4.31. The van der Waals surface area contributed by atoms with E-state index in [0.29, 0.717) is 11.5 Å². The van der Waals surface area contributed by atoms with Gasteiger partial charge in [0.1, 0.15) is 6.04 Å². The predicted molar refractivity (Wildman–Crippen MR) is 144 cm³/mol. The van der Waals surface area contributed by atoms with Crippen molar-refractivity contribution < 1.29 is 28.6 Å². The number of amides is 3. The molecule has 4 unspecified atom stereocenters. The number of fused-ring (bicyclic) bond motifs is 1. The third-order valence-corrected chi connectivity index (χ3v) is 8.04. The lowest BCUT2D eigenvalue weighted by Crippen LogP contribution is -2.53. The van der Waals surface area contributed by atoms with Gasteiger partial charge in [-0.1, -0.05) is 62.6 Å². The van der Waals surface area contributed by atoms with Crippen molar-refractivity contribution in [3.05, 3.63) is 59.7 Å². The average molecular weight is 536 g/mol. The van der Waals surface area contributed by atoms with Crippen LogP contribution >= 0.6 is 0 Å². The van der Waals surface area contributed by atoms with Gasteiger partial charge in [-0.25, -0.2) is 4.79 Å². The molecule has 9 heteroatoms. The summed E-state index contributed by atoms with van der Waals surface area (Å²) in [6.07, 6.45) is 5.11. The molecule has 3 aliphatic rings. The van der Waals surface area contributed by atoms with E-state index in [4.69, 9.17) is 14.2 Å². The van der Waals surface area contributed by atoms with Gasteiger partial charge >= 0.3 is 12.0 Å². The lowest BCUT2D eigenvalue weighted by molar-refractivity contribution is -0.150. The van der Waals surface area contributed by atoms with Crippen LogP contribution in [0.5, 0.6) is 11.5 Å². The summed E-state index contributed by atoms with van der Waals surface area (Å²) in [4.78, 5) is 42.7. The summed E-state index contributed by atoms with van der Waals surface area (Å²) in [5.41, 5.74) is 1.64. The van der Waals surface area contributed by atoms with E-state index in [-0.39, 0.29) is 37.9 Å². The second kappa shape index (κ2) is 12.0. The Bertz CT molecular complexity index is 1180. The van der Waals surface area contributed by atoms with Crippen LogP contribution in [-0.2, 0) is 20.9 Å². The Morgan fingerprint density at radius 3 is 2.49 bits per heavy atom. The van der Waals surface area contributed by atoms with Crippen LogP contribution < -0.4 is 20.1 Å². The quantitative estimate of drug-likeness (QED) is 0.512. The lowest BCUT2D eigenvalue weighted by atomic mass is 9.85. The molecule has 0 radical (unpaired) electrons. The van der Waals surface area contributed by atoms with Crippen molar-refractivity contribution in [3.63, 3.8) is 0 Å². The molecule has 9 nitrogen and oxygen atoms in total. The third kappa shape index (κ3) is 5.67. The maximum absolute atomic E-state index is 13.9. The summed E-state index contributed by atoms with van der Waals surface area (Å²) in [6.45, 7) is 4.26. The normalized spacial score (nSPS) is 24.3. The minimum absolute atomic E-state index is 0.0527. The summed E-state index contributed by atoms with van der Waals surface area (Å²) >= 11 is 0.